The Kier molecular flexibility index (Phi) is 5.99. The van der Waals surface area contributed by atoms with Crippen molar-refractivity contribution in [2.24, 2.45) is 5.92 Å². The quantitative estimate of drug-likeness (QED) is 0.834. The molecule has 0 bridgehead atoms. The summed E-state index contributed by atoms with van der Waals surface area (Å²) in [5, 5.41) is 3.59. The molecule has 0 aliphatic carbocycles. The molecule has 0 unspecified atom stereocenters. The first-order chi connectivity index (χ1) is 8.29. The molecule has 1 aliphatic rings. The van der Waals surface area contributed by atoms with Crippen LogP contribution in [0.3, 0.4) is 0 Å². The molecular weight excluding hydrogens is 244 g/mol. The van der Waals surface area contributed by atoms with E-state index in [1.807, 2.05) is 0 Å². The maximum atomic E-state index is 11.6. The summed E-state index contributed by atoms with van der Waals surface area (Å²) in [5.74, 6) is 1.40. The highest BCUT2D eigenvalue weighted by molar-refractivity contribution is 8.00. The van der Waals surface area contributed by atoms with E-state index in [0.29, 0.717) is 16.9 Å². The minimum Gasteiger partial charge on any atom is -0.355 e. The van der Waals surface area contributed by atoms with Crippen LogP contribution in [-0.2, 0) is 4.79 Å². The Morgan fingerprint density at radius 1 is 1.44 bits per heavy atom. The van der Waals surface area contributed by atoms with E-state index in [2.05, 4.69) is 44.8 Å². The maximum absolute atomic E-state index is 11.6. The van der Waals surface area contributed by atoms with E-state index in [1.165, 1.54) is 6.42 Å². The van der Waals surface area contributed by atoms with Crippen molar-refractivity contribution in [3.63, 3.8) is 0 Å². The summed E-state index contributed by atoms with van der Waals surface area (Å²) in [6.07, 6.45) is 1.20. The van der Waals surface area contributed by atoms with Gasteiger partial charge in [0.1, 0.15) is 0 Å². The fraction of sp³-hybridized carbons (Fsp3) is 0.929. The van der Waals surface area contributed by atoms with Gasteiger partial charge in [-0.15, -0.1) is 11.8 Å². The molecule has 1 fully saturated rings. The molecule has 1 aliphatic heterocycles. The molecule has 3 nitrogen and oxygen atoms in total. The third-order valence-electron chi connectivity index (χ3n) is 3.37. The van der Waals surface area contributed by atoms with Crippen molar-refractivity contribution in [2.45, 2.75) is 51.8 Å². The Hall–Kier alpha value is -0.220. The first kappa shape index (κ1) is 15.8. The van der Waals surface area contributed by atoms with Crippen LogP contribution in [0.4, 0.5) is 0 Å². The lowest BCUT2D eigenvalue weighted by atomic mass is 10.1. The number of rotatable bonds is 5. The van der Waals surface area contributed by atoms with Crippen molar-refractivity contribution < 1.29 is 4.79 Å². The van der Waals surface area contributed by atoms with E-state index in [4.69, 9.17) is 0 Å². The second-order valence-corrected chi connectivity index (χ2v) is 8.00. The van der Waals surface area contributed by atoms with Gasteiger partial charge in [0.25, 0.3) is 0 Å². The number of amides is 1. The molecule has 0 spiro atoms. The molecule has 0 aromatic heterocycles. The van der Waals surface area contributed by atoms with Gasteiger partial charge in [-0.25, -0.2) is 0 Å². The molecule has 18 heavy (non-hydrogen) atoms. The van der Waals surface area contributed by atoms with Gasteiger partial charge in [-0.2, -0.15) is 0 Å². The van der Waals surface area contributed by atoms with Gasteiger partial charge < -0.3 is 5.32 Å². The zero-order valence-corrected chi connectivity index (χ0v) is 13.3. The molecule has 1 atom stereocenters. The van der Waals surface area contributed by atoms with Crippen LogP contribution in [0.15, 0.2) is 0 Å². The van der Waals surface area contributed by atoms with E-state index in [1.54, 1.807) is 11.8 Å². The number of carbonyl (C=O) groups is 1. The van der Waals surface area contributed by atoms with Gasteiger partial charge in [0.15, 0.2) is 0 Å². The predicted molar refractivity (Wildman–Crippen MR) is 80.0 cm³/mol. The summed E-state index contributed by atoms with van der Waals surface area (Å²) in [4.78, 5) is 14.1. The molecule has 106 valence electrons. The Bertz CT molecular complexity index is 273. The average Bonchev–Trinajstić information content (AvgIpc) is 2.71. The number of thioether (sulfide) groups is 1. The van der Waals surface area contributed by atoms with Gasteiger partial charge in [-0.05, 0) is 44.9 Å². The molecular formula is C14H28N2OS. The van der Waals surface area contributed by atoms with Crippen molar-refractivity contribution in [3.8, 4) is 0 Å². The monoisotopic (exact) mass is 272 g/mol. The lowest BCUT2D eigenvalue weighted by molar-refractivity contribution is -0.118. The van der Waals surface area contributed by atoms with Crippen molar-refractivity contribution in [2.75, 3.05) is 25.4 Å². The Labute approximate surface area is 116 Å². The second kappa shape index (κ2) is 6.80. The highest BCUT2D eigenvalue weighted by Crippen LogP contribution is 2.23. The fourth-order valence-corrected chi connectivity index (χ4v) is 2.75. The lowest BCUT2D eigenvalue weighted by Crippen LogP contribution is -2.40. The van der Waals surface area contributed by atoms with Crippen molar-refractivity contribution in [1.29, 1.82) is 0 Å². The minimum absolute atomic E-state index is 0.183. The normalized spacial score (nSPS) is 21.6. The van der Waals surface area contributed by atoms with E-state index in [9.17, 15) is 4.79 Å². The number of carbonyl (C=O) groups excluding carboxylic acids is 1. The maximum Gasteiger partial charge on any atom is 0.230 e. The lowest BCUT2D eigenvalue weighted by Gasteiger charge is -2.31. The van der Waals surface area contributed by atoms with Crippen LogP contribution in [0.25, 0.3) is 0 Å². The van der Waals surface area contributed by atoms with Gasteiger partial charge >= 0.3 is 0 Å². The molecule has 0 saturated carbocycles. The summed E-state index contributed by atoms with van der Waals surface area (Å²) in [5.41, 5.74) is 0.256. The minimum atomic E-state index is 0.183. The second-order valence-electron chi connectivity index (χ2n) is 6.44. The van der Waals surface area contributed by atoms with E-state index < -0.39 is 0 Å². The zero-order chi connectivity index (χ0) is 13.8. The van der Waals surface area contributed by atoms with Gasteiger partial charge in [-0.3, -0.25) is 9.69 Å². The number of likely N-dealkylation sites (tertiary alicyclic amines) is 1. The largest absolute Gasteiger partial charge is 0.355 e. The van der Waals surface area contributed by atoms with Crippen LogP contribution in [-0.4, -0.2) is 47.0 Å². The van der Waals surface area contributed by atoms with Crippen molar-refractivity contribution >= 4 is 17.7 Å². The molecule has 4 heteroatoms. The summed E-state index contributed by atoms with van der Waals surface area (Å²) in [7, 11) is 0. The topological polar surface area (TPSA) is 32.3 Å². The third-order valence-corrected chi connectivity index (χ3v) is 4.47. The standard InChI is InChI=1S/C14H28N2OS/c1-11(2)18-10-13(17)15-8-12-6-7-16(9-12)14(3,4)5/h11-12H,6-10H2,1-5H3,(H,15,17)/t12-/m1/s1. The SMILES string of the molecule is CC(C)SCC(=O)NC[C@H]1CCN(C(C)(C)C)C1. The molecule has 0 radical (unpaired) electrons. The molecule has 1 heterocycles. The van der Waals surface area contributed by atoms with Crippen molar-refractivity contribution in [1.82, 2.24) is 10.2 Å². The van der Waals surface area contributed by atoms with E-state index in [0.717, 1.165) is 19.6 Å². The molecule has 1 amide bonds. The van der Waals surface area contributed by atoms with Crippen LogP contribution >= 0.6 is 11.8 Å². The van der Waals surface area contributed by atoms with Gasteiger partial charge in [0.05, 0.1) is 5.75 Å². The average molecular weight is 272 g/mol. The van der Waals surface area contributed by atoms with Gasteiger partial charge in [-0.1, -0.05) is 13.8 Å². The van der Waals surface area contributed by atoms with E-state index >= 15 is 0 Å². The van der Waals surface area contributed by atoms with Crippen LogP contribution in [0, 0.1) is 5.92 Å². The first-order valence-corrected chi connectivity index (χ1v) is 7.97. The summed E-state index contributed by atoms with van der Waals surface area (Å²) in [6.45, 7) is 14.1. The van der Waals surface area contributed by atoms with Gasteiger partial charge in [0, 0.05) is 18.6 Å². The van der Waals surface area contributed by atoms with E-state index in [-0.39, 0.29) is 11.4 Å². The number of nitrogens with zero attached hydrogens (tertiary/aromatic N) is 1. The Balaban J connectivity index is 2.20. The zero-order valence-electron chi connectivity index (χ0n) is 12.5. The molecule has 1 rings (SSSR count). The summed E-state index contributed by atoms with van der Waals surface area (Å²) < 4.78 is 0. The Morgan fingerprint density at radius 3 is 2.61 bits per heavy atom. The number of hydrogen-bond acceptors (Lipinski definition) is 3. The van der Waals surface area contributed by atoms with Crippen LogP contribution in [0.5, 0.6) is 0 Å². The predicted octanol–water partition coefficient (Wildman–Crippen LogP) is 2.36. The summed E-state index contributed by atoms with van der Waals surface area (Å²) >= 11 is 1.70. The smallest absolute Gasteiger partial charge is 0.230 e. The Morgan fingerprint density at radius 2 is 2.11 bits per heavy atom. The molecule has 1 saturated heterocycles. The molecule has 0 aromatic carbocycles. The fourth-order valence-electron chi connectivity index (χ4n) is 2.16. The third kappa shape index (κ3) is 5.61. The molecule has 0 aromatic rings. The van der Waals surface area contributed by atoms with Crippen LogP contribution in [0.2, 0.25) is 0 Å². The van der Waals surface area contributed by atoms with Gasteiger partial charge in [0.2, 0.25) is 5.91 Å². The summed E-state index contributed by atoms with van der Waals surface area (Å²) in [6, 6.07) is 0. The first-order valence-electron chi connectivity index (χ1n) is 6.92. The number of hydrogen-bond donors (Lipinski definition) is 1. The van der Waals surface area contributed by atoms with Crippen LogP contribution < -0.4 is 5.32 Å². The van der Waals surface area contributed by atoms with Crippen molar-refractivity contribution in [3.05, 3.63) is 0 Å². The highest BCUT2D eigenvalue weighted by Gasteiger charge is 2.30. The number of nitrogens with one attached hydrogen (secondary N) is 1. The van der Waals surface area contributed by atoms with Crippen LogP contribution in [0.1, 0.15) is 41.0 Å². The highest BCUT2D eigenvalue weighted by atomic mass is 32.2. The molecule has 1 N–H and O–H groups in total.